The number of carboxylic acids is 1. The van der Waals surface area contributed by atoms with Gasteiger partial charge in [0, 0.05) is 11.9 Å². The molecule has 0 heterocycles. The lowest BCUT2D eigenvalue weighted by molar-refractivity contribution is -0.139. The van der Waals surface area contributed by atoms with Crippen LogP contribution in [0, 0.1) is 11.8 Å². The van der Waals surface area contributed by atoms with Crippen molar-refractivity contribution in [1.82, 2.24) is 0 Å². The maximum Gasteiger partial charge on any atom is 0.307 e. The van der Waals surface area contributed by atoms with E-state index in [1.165, 1.54) is 18.2 Å². The predicted octanol–water partition coefficient (Wildman–Crippen LogP) is 0.749. The SMILES string of the molecule is CS(=O)(=O)c1cccc(NC(=O)C2CC2C(=O)O)c1. The number of aliphatic carboxylic acids is 1. The zero-order valence-corrected chi connectivity index (χ0v) is 11.0. The van der Waals surface area contributed by atoms with Crippen LogP contribution in [0.5, 0.6) is 0 Å². The van der Waals surface area contributed by atoms with E-state index in [1.54, 1.807) is 6.07 Å². The zero-order valence-electron chi connectivity index (χ0n) is 10.2. The zero-order chi connectivity index (χ0) is 14.2. The first-order chi connectivity index (χ1) is 8.79. The van der Waals surface area contributed by atoms with E-state index in [4.69, 9.17) is 5.11 Å². The van der Waals surface area contributed by atoms with Crippen molar-refractivity contribution < 1.29 is 23.1 Å². The summed E-state index contributed by atoms with van der Waals surface area (Å²) in [6.07, 6.45) is 1.40. The van der Waals surface area contributed by atoms with Gasteiger partial charge >= 0.3 is 5.97 Å². The third-order valence-corrected chi connectivity index (χ3v) is 4.08. The first-order valence-electron chi connectivity index (χ1n) is 5.63. The van der Waals surface area contributed by atoms with Crippen LogP contribution in [0.25, 0.3) is 0 Å². The summed E-state index contributed by atoms with van der Waals surface area (Å²) in [5.74, 6) is -2.53. The summed E-state index contributed by atoms with van der Waals surface area (Å²) in [5, 5.41) is 11.3. The van der Waals surface area contributed by atoms with E-state index in [-0.39, 0.29) is 4.90 Å². The van der Waals surface area contributed by atoms with Gasteiger partial charge in [0.1, 0.15) is 0 Å². The van der Waals surface area contributed by atoms with Crippen molar-refractivity contribution in [3.05, 3.63) is 24.3 Å². The molecule has 1 aromatic carbocycles. The summed E-state index contributed by atoms with van der Waals surface area (Å²) in [4.78, 5) is 22.5. The molecule has 1 aliphatic carbocycles. The van der Waals surface area contributed by atoms with Crippen LogP contribution < -0.4 is 5.32 Å². The van der Waals surface area contributed by atoms with E-state index in [0.29, 0.717) is 12.1 Å². The fourth-order valence-corrected chi connectivity index (χ4v) is 2.46. The minimum atomic E-state index is -3.34. The molecule has 1 fully saturated rings. The minimum Gasteiger partial charge on any atom is -0.481 e. The molecule has 2 atom stereocenters. The van der Waals surface area contributed by atoms with Gasteiger partial charge in [-0.15, -0.1) is 0 Å². The molecule has 0 aromatic heterocycles. The maximum absolute atomic E-state index is 11.7. The fraction of sp³-hybridized carbons (Fsp3) is 0.333. The third-order valence-electron chi connectivity index (χ3n) is 2.97. The average molecular weight is 283 g/mol. The summed E-state index contributed by atoms with van der Waals surface area (Å²) in [6, 6.07) is 5.87. The lowest BCUT2D eigenvalue weighted by atomic mass is 10.2. The Morgan fingerprint density at radius 2 is 2.00 bits per heavy atom. The number of rotatable bonds is 4. The molecule has 2 N–H and O–H groups in total. The molecule has 2 unspecified atom stereocenters. The summed E-state index contributed by atoms with van der Waals surface area (Å²) >= 11 is 0. The van der Waals surface area contributed by atoms with E-state index in [1.807, 2.05) is 0 Å². The molecule has 0 spiro atoms. The molecule has 2 rings (SSSR count). The van der Waals surface area contributed by atoms with Gasteiger partial charge in [-0.25, -0.2) is 8.42 Å². The Hall–Kier alpha value is -1.89. The number of carbonyl (C=O) groups excluding carboxylic acids is 1. The number of hydrogen-bond donors (Lipinski definition) is 2. The van der Waals surface area contributed by atoms with Crippen molar-refractivity contribution in [1.29, 1.82) is 0 Å². The number of benzene rings is 1. The minimum absolute atomic E-state index is 0.107. The number of anilines is 1. The monoisotopic (exact) mass is 283 g/mol. The Kier molecular flexibility index (Phi) is 3.32. The van der Waals surface area contributed by atoms with Crippen molar-refractivity contribution in [3.63, 3.8) is 0 Å². The van der Waals surface area contributed by atoms with E-state index in [9.17, 15) is 18.0 Å². The average Bonchev–Trinajstić information content (AvgIpc) is 3.08. The van der Waals surface area contributed by atoms with E-state index >= 15 is 0 Å². The Labute approximate surface area is 110 Å². The first-order valence-corrected chi connectivity index (χ1v) is 7.52. The standard InChI is InChI=1S/C12H13NO5S/c1-19(17,18)8-4-2-3-7(5-8)13-11(14)9-6-10(9)12(15)16/h2-5,9-10H,6H2,1H3,(H,13,14)(H,15,16). The quantitative estimate of drug-likeness (QED) is 0.849. The second kappa shape index (κ2) is 4.65. The Balaban J connectivity index is 2.09. The number of nitrogens with one attached hydrogen (secondary N) is 1. The lowest BCUT2D eigenvalue weighted by Gasteiger charge is -2.06. The molecule has 7 heteroatoms. The first kappa shape index (κ1) is 13.5. The highest BCUT2D eigenvalue weighted by Crippen LogP contribution is 2.39. The second-order valence-corrected chi connectivity index (χ2v) is 6.59. The fourth-order valence-electron chi connectivity index (χ4n) is 1.80. The van der Waals surface area contributed by atoms with Gasteiger partial charge in [-0.3, -0.25) is 9.59 Å². The van der Waals surface area contributed by atoms with Crippen LogP contribution in [0.1, 0.15) is 6.42 Å². The molecule has 0 aliphatic heterocycles. The topological polar surface area (TPSA) is 101 Å². The van der Waals surface area contributed by atoms with Gasteiger partial charge in [0.25, 0.3) is 0 Å². The highest BCUT2D eigenvalue weighted by molar-refractivity contribution is 7.90. The smallest absolute Gasteiger partial charge is 0.307 e. The number of carbonyl (C=O) groups is 2. The molecule has 19 heavy (non-hydrogen) atoms. The van der Waals surface area contributed by atoms with Gasteiger partial charge < -0.3 is 10.4 Å². The van der Waals surface area contributed by atoms with E-state index in [0.717, 1.165) is 6.26 Å². The van der Waals surface area contributed by atoms with Gasteiger partial charge in [-0.05, 0) is 24.6 Å². The third kappa shape index (κ3) is 3.11. The lowest BCUT2D eigenvalue weighted by Crippen LogP contribution is -2.17. The molecule has 0 radical (unpaired) electrons. The molecule has 0 bridgehead atoms. The van der Waals surface area contributed by atoms with Crippen LogP contribution in [0.3, 0.4) is 0 Å². The van der Waals surface area contributed by atoms with Gasteiger partial charge in [0.05, 0.1) is 16.7 Å². The van der Waals surface area contributed by atoms with Crippen molar-refractivity contribution in [2.24, 2.45) is 11.8 Å². The Morgan fingerprint density at radius 1 is 1.32 bits per heavy atom. The number of sulfone groups is 1. The summed E-state index contributed by atoms with van der Waals surface area (Å²) in [5.41, 5.74) is 0.351. The summed E-state index contributed by atoms with van der Waals surface area (Å²) < 4.78 is 22.7. The highest BCUT2D eigenvalue weighted by atomic mass is 32.2. The van der Waals surface area contributed by atoms with E-state index in [2.05, 4.69) is 5.32 Å². The van der Waals surface area contributed by atoms with Crippen molar-refractivity contribution >= 4 is 27.4 Å². The van der Waals surface area contributed by atoms with Crippen molar-refractivity contribution in [2.45, 2.75) is 11.3 Å². The molecular weight excluding hydrogens is 270 g/mol. The van der Waals surface area contributed by atoms with E-state index < -0.39 is 33.5 Å². The summed E-state index contributed by atoms with van der Waals surface area (Å²) in [6.45, 7) is 0. The number of hydrogen-bond acceptors (Lipinski definition) is 4. The molecule has 1 amide bonds. The van der Waals surface area contributed by atoms with Crippen LogP contribution in [0.2, 0.25) is 0 Å². The molecule has 1 aliphatic rings. The summed E-state index contributed by atoms with van der Waals surface area (Å²) in [7, 11) is -3.34. The second-order valence-electron chi connectivity index (χ2n) is 4.58. The molecular formula is C12H13NO5S. The van der Waals surface area contributed by atoms with Crippen LogP contribution in [-0.2, 0) is 19.4 Å². The molecule has 6 nitrogen and oxygen atoms in total. The van der Waals surface area contributed by atoms with Crippen LogP contribution in [0.4, 0.5) is 5.69 Å². The largest absolute Gasteiger partial charge is 0.481 e. The van der Waals surface area contributed by atoms with Gasteiger partial charge in [0.2, 0.25) is 5.91 Å². The van der Waals surface area contributed by atoms with Crippen LogP contribution in [-0.4, -0.2) is 31.7 Å². The van der Waals surface area contributed by atoms with Crippen LogP contribution in [0.15, 0.2) is 29.2 Å². The number of carboxylic acid groups (broad SMARTS) is 1. The molecule has 102 valence electrons. The Bertz CT molecular complexity index is 637. The van der Waals surface area contributed by atoms with Gasteiger partial charge in [0.15, 0.2) is 9.84 Å². The normalized spacial score (nSPS) is 21.7. The highest BCUT2D eigenvalue weighted by Gasteiger charge is 2.48. The predicted molar refractivity (Wildman–Crippen MR) is 67.4 cm³/mol. The van der Waals surface area contributed by atoms with Gasteiger partial charge in [-0.2, -0.15) is 0 Å². The van der Waals surface area contributed by atoms with Crippen molar-refractivity contribution in [3.8, 4) is 0 Å². The van der Waals surface area contributed by atoms with Gasteiger partial charge in [-0.1, -0.05) is 6.07 Å². The molecule has 0 saturated heterocycles. The Morgan fingerprint density at radius 3 is 2.53 bits per heavy atom. The molecule has 1 aromatic rings. The van der Waals surface area contributed by atoms with Crippen LogP contribution >= 0.6 is 0 Å². The number of amides is 1. The van der Waals surface area contributed by atoms with Crippen molar-refractivity contribution in [2.75, 3.05) is 11.6 Å². The molecule has 1 saturated carbocycles. The maximum atomic E-state index is 11.7.